The molecule has 0 saturated carbocycles. The Labute approximate surface area is 407 Å². The highest BCUT2D eigenvalue weighted by Gasteiger charge is 2.51. The third-order valence-electron chi connectivity index (χ3n) is 11.1. The SMILES string of the molecule is CCN(CC)CC.CCN(CC)CC.CCN(CC)CC.Nc1cc[n+]([C@@H]2O[C@H](COP(=O)([O-])OP(=O)(O)OC[C@H]3O[C@@H](n4cnc5c(N)ncnc54)[C@H](OP(=O)(O)O)[C@@H]3O)[C@@H](O)[C@H]2O)cc1C(=O)O. The third-order valence-corrected chi connectivity index (χ3v) is 14.2. The fraction of sp³-hybridized carbons (Fsp3) is 0.718. The second-order valence-corrected chi connectivity index (χ2v) is 19.5. The summed E-state index contributed by atoms with van der Waals surface area (Å²) in [6.45, 7) is 28.2. The van der Waals surface area contributed by atoms with Crippen LogP contribution in [0.3, 0.4) is 0 Å². The molecule has 0 radical (unpaired) electrons. The van der Waals surface area contributed by atoms with Crippen molar-refractivity contribution in [2.24, 2.45) is 0 Å². The molecule has 5 heterocycles. The number of ether oxygens (including phenoxy) is 2. The van der Waals surface area contributed by atoms with E-state index in [-0.39, 0.29) is 28.2 Å². The molecule has 0 aromatic carbocycles. The number of anilines is 2. The van der Waals surface area contributed by atoms with Crippen molar-refractivity contribution in [1.29, 1.82) is 0 Å². The number of phosphoric acid groups is 3. The summed E-state index contributed by atoms with van der Waals surface area (Å²) in [5.74, 6) is -1.48. The summed E-state index contributed by atoms with van der Waals surface area (Å²) in [6.07, 6.45) is -9.36. The van der Waals surface area contributed by atoms with Gasteiger partial charge in [0.25, 0.3) is 14.1 Å². The van der Waals surface area contributed by atoms with Crippen LogP contribution in [0.2, 0.25) is 0 Å². The average Bonchev–Trinajstić information content (AvgIpc) is 3.96. The van der Waals surface area contributed by atoms with Crippen molar-refractivity contribution >= 4 is 52.1 Å². The summed E-state index contributed by atoms with van der Waals surface area (Å²) < 4.78 is 67.6. The number of rotatable bonds is 22. The lowest BCUT2D eigenvalue weighted by atomic mass is 10.1. The van der Waals surface area contributed by atoms with E-state index < -0.39 is 91.7 Å². The molecule has 0 aliphatic carbocycles. The lowest BCUT2D eigenvalue weighted by molar-refractivity contribution is -0.765. The molecule has 0 bridgehead atoms. The standard InChI is InChI=1S/C21H28N7O18P3.3C6H15N/c22-9-1-2-27(3-8(9)21(32)33)19-15(31)13(29)10(43-19)4-41-48(37,38)46-49(39,40)42-5-11-14(30)16(45-47(34,35)36)20(44-11)28-7-26-12-17(23)24-6-25-18(12)28;3*1-4-7(5-2)6-3/h1-3,6-7,10-11,13-16,19-20,22,29-31H,4-5H2,(H7,23,24,25,32,33,34,35,36,37,38,39,40);3*4-6H2,1-3H3/t10-,11-,13-,14-,15-,16-,19-,20-;;;/m1.../s1. The highest BCUT2D eigenvalue weighted by Crippen LogP contribution is 2.58. The van der Waals surface area contributed by atoms with Gasteiger partial charge in [0, 0.05) is 6.07 Å². The van der Waals surface area contributed by atoms with Crippen molar-refractivity contribution in [3.05, 3.63) is 36.7 Å². The fourth-order valence-corrected chi connectivity index (χ4v) is 9.50. The molecule has 5 rings (SSSR count). The number of nitrogens with two attached hydrogens (primary N) is 2. The molecule has 28 nitrogen and oxygen atoms in total. The van der Waals surface area contributed by atoms with Gasteiger partial charge in [-0.1, -0.05) is 62.3 Å². The number of aromatic carboxylic acids is 1. The number of aliphatic hydroxyl groups is 3. The molecule has 11 N–H and O–H groups in total. The van der Waals surface area contributed by atoms with Crippen molar-refractivity contribution in [2.45, 2.75) is 111 Å². The molecule has 0 amide bonds. The molecule has 3 aromatic heterocycles. The monoisotopic (exact) mass is 1060 g/mol. The van der Waals surface area contributed by atoms with Gasteiger partial charge in [0.1, 0.15) is 47.9 Å². The van der Waals surface area contributed by atoms with Gasteiger partial charge < -0.3 is 80.2 Å². The minimum absolute atomic E-state index is 0.0153. The largest absolute Gasteiger partial charge is 0.756 e. The van der Waals surface area contributed by atoms with E-state index in [1.165, 1.54) is 71.2 Å². The van der Waals surface area contributed by atoms with Crippen LogP contribution in [0.5, 0.6) is 0 Å². The lowest BCUT2D eigenvalue weighted by Gasteiger charge is -2.26. The highest BCUT2D eigenvalue weighted by molar-refractivity contribution is 7.60. The van der Waals surface area contributed by atoms with Gasteiger partial charge in [-0.3, -0.25) is 18.2 Å². The van der Waals surface area contributed by atoms with Gasteiger partial charge in [-0.25, -0.2) is 33.2 Å². The van der Waals surface area contributed by atoms with Gasteiger partial charge in [0.2, 0.25) is 0 Å². The molecule has 2 unspecified atom stereocenters. The van der Waals surface area contributed by atoms with Crippen LogP contribution in [0, 0.1) is 0 Å². The van der Waals surface area contributed by atoms with Crippen molar-refractivity contribution in [2.75, 3.05) is 83.6 Å². The predicted molar refractivity (Wildman–Crippen MR) is 251 cm³/mol. The Morgan fingerprint density at radius 2 is 1.27 bits per heavy atom. The van der Waals surface area contributed by atoms with Crippen molar-refractivity contribution in [3.8, 4) is 0 Å². The zero-order valence-electron chi connectivity index (χ0n) is 41.0. The molecule has 2 aliphatic rings. The van der Waals surface area contributed by atoms with E-state index in [1.54, 1.807) is 0 Å². The van der Waals surface area contributed by atoms with Gasteiger partial charge in [-0.2, -0.15) is 4.57 Å². The second-order valence-electron chi connectivity index (χ2n) is 15.3. The number of aliphatic hydroxyl groups excluding tert-OH is 3. The van der Waals surface area contributed by atoms with Crippen LogP contribution in [0.1, 0.15) is 85.1 Å². The molecule has 402 valence electrons. The van der Waals surface area contributed by atoms with Gasteiger partial charge in [-0.15, -0.1) is 0 Å². The smallest absolute Gasteiger partial charge is 0.478 e. The Bertz CT molecular complexity index is 2140. The summed E-state index contributed by atoms with van der Waals surface area (Å²) in [5, 5.41) is 40.8. The maximum Gasteiger partial charge on any atom is 0.478 e. The summed E-state index contributed by atoms with van der Waals surface area (Å²) in [5.41, 5.74) is 10.9. The first-order valence-electron chi connectivity index (χ1n) is 22.7. The summed E-state index contributed by atoms with van der Waals surface area (Å²) in [6, 6.07) is 1.18. The number of aromatic nitrogens is 5. The predicted octanol–water partition coefficient (Wildman–Crippen LogP) is 0.695. The number of nitrogens with zero attached hydrogens (tertiary/aromatic N) is 8. The fourth-order valence-electron chi connectivity index (χ4n) is 6.90. The quantitative estimate of drug-likeness (QED) is 0.0494. The summed E-state index contributed by atoms with van der Waals surface area (Å²) in [4.78, 5) is 71.4. The van der Waals surface area contributed by atoms with E-state index in [4.69, 9.17) is 20.9 Å². The molecule has 3 aromatic rings. The summed E-state index contributed by atoms with van der Waals surface area (Å²) >= 11 is 0. The minimum atomic E-state index is -5.76. The van der Waals surface area contributed by atoms with Crippen molar-refractivity contribution in [3.63, 3.8) is 0 Å². The molecule has 10 atom stereocenters. The Hall–Kier alpha value is -3.18. The number of carboxylic acids is 1. The number of fused-ring (bicyclic) bond motifs is 1. The maximum absolute atomic E-state index is 12.5. The number of hydrogen-bond donors (Lipinski definition) is 9. The number of pyridine rings is 1. The molecule has 2 aliphatic heterocycles. The van der Waals surface area contributed by atoms with E-state index >= 15 is 0 Å². The zero-order valence-corrected chi connectivity index (χ0v) is 43.7. The Kier molecular flexibility index (Phi) is 26.5. The number of imidazole rings is 1. The Morgan fingerprint density at radius 3 is 1.74 bits per heavy atom. The minimum Gasteiger partial charge on any atom is -0.756 e. The van der Waals surface area contributed by atoms with Gasteiger partial charge in [0.05, 0.1) is 25.2 Å². The number of hydrogen-bond acceptors (Lipinski definition) is 22. The van der Waals surface area contributed by atoms with E-state index in [1.807, 2.05) is 0 Å². The second kappa shape index (κ2) is 29.5. The van der Waals surface area contributed by atoms with Gasteiger partial charge in [-0.05, 0) is 58.9 Å². The number of carbonyl (C=O) groups is 1. The normalized spacial score (nSPS) is 24.0. The molecule has 0 spiro atoms. The van der Waals surface area contributed by atoms with Crippen LogP contribution in [-0.2, 0) is 41.1 Å². The topological polar surface area (TPSA) is 398 Å². The molecule has 31 heteroatoms. The third kappa shape index (κ3) is 19.0. The Morgan fingerprint density at radius 1 is 0.771 bits per heavy atom. The van der Waals surface area contributed by atoms with Crippen molar-refractivity contribution in [1.82, 2.24) is 34.2 Å². The first-order valence-corrected chi connectivity index (χ1v) is 27.2. The van der Waals surface area contributed by atoms with Crippen LogP contribution in [-0.4, -0.2) is 184 Å². The Balaban J connectivity index is 0.000000665. The van der Waals surface area contributed by atoms with Crippen LogP contribution in [0.15, 0.2) is 31.1 Å². The molecular weight excluding hydrogens is 989 g/mol. The highest BCUT2D eigenvalue weighted by atomic mass is 31.3. The van der Waals surface area contributed by atoms with E-state index in [0.29, 0.717) is 0 Å². The molecule has 2 saturated heterocycles. The van der Waals surface area contributed by atoms with Crippen molar-refractivity contribution < 1.29 is 90.4 Å². The van der Waals surface area contributed by atoms with Crippen LogP contribution in [0.25, 0.3) is 11.2 Å². The maximum atomic E-state index is 12.5. The number of phosphoric ester groups is 3. The average molecular weight is 1060 g/mol. The van der Waals surface area contributed by atoms with E-state index in [9.17, 15) is 58.5 Å². The lowest BCUT2D eigenvalue weighted by Crippen LogP contribution is -2.46. The van der Waals surface area contributed by atoms with E-state index in [0.717, 1.165) is 28.0 Å². The zero-order chi connectivity index (χ0) is 53.1. The molecular formula is C39H73N10O18P3. The first kappa shape index (κ1) is 62.9. The van der Waals surface area contributed by atoms with Gasteiger partial charge in [0.15, 0.2) is 36.2 Å². The van der Waals surface area contributed by atoms with Crippen LogP contribution in [0.4, 0.5) is 11.5 Å². The molecule has 2 fully saturated rings. The first-order chi connectivity index (χ1) is 32.8. The summed E-state index contributed by atoms with van der Waals surface area (Å²) in [7, 11) is -16.7. The molecule has 70 heavy (non-hydrogen) atoms. The van der Waals surface area contributed by atoms with Crippen LogP contribution < -0.4 is 20.9 Å². The van der Waals surface area contributed by atoms with Gasteiger partial charge >= 0.3 is 21.6 Å². The number of nitrogen functional groups attached to an aromatic ring is 2. The van der Waals surface area contributed by atoms with Crippen LogP contribution >= 0.6 is 23.5 Å². The van der Waals surface area contributed by atoms with E-state index in [2.05, 4.69) is 110 Å². The number of carboxylic acid groups (broad SMARTS) is 1.